The molecule has 0 aromatic carbocycles. The highest BCUT2D eigenvalue weighted by Crippen LogP contribution is 2.23. The Hall–Kier alpha value is -1.35. The molecule has 92 valence electrons. The number of rotatable bonds is 3. The number of pyridine rings is 1. The van der Waals surface area contributed by atoms with E-state index in [1.54, 1.807) is 0 Å². The van der Waals surface area contributed by atoms with Crippen molar-refractivity contribution in [1.82, 2.24) is 14.3 Å². The maximum Gasteiger partial charge on any atom is 0.140 e. The standard InChI is InChI=1S/C14H21N3/c1-10(2)13-12(9-16(4)5)17-8-6-7-11(3)14(17)15-13/h6-8,10H,9H2,1-5H3. The van der Waals surface area contributed by atoms with E-state index in [1.165, 1.54) is 17.0 Å². The van der Waals surface area contributed by atoms with Gasteiger partial charge in [-0.2, -0.15) is 0 Å². The number of imidazole rings is 1. The second kappa shape index (κ2) is 4.49. The van der Waals surface area contributed by atoms with Gasteiger partial charge in [0, 0.05) is 12.7 Å². The van der Waals surface area contributed by atoms with Gasteiger partial charge in [-0.05, 0) is 38.6 Å². The van der Waals surface area contributed by atoms with E-state index in [0.29, 0.717) is 5.92 Å². The van der Waals surface area contributed by atoms with Gasteiger partial charge in [0.1, 0.15) is 5.65 Å². The number of aryl methyl sites for hydroxylation is 1. The van der Waals surface area contributed by atoms with Gasteiger partial charge in [0.05, 0.1) is 11.4 Å². The van der Waals surface area contributed by atoms with Gasteiger partial charge in [-0.15, -0.1) is 0 Å². The third-order valence-electron chi connectivity index (χ3n) is 2.99. The van der Waals surface area contributed by atoms with Crippen molar-refractivity contribution < 1.29 is 0 Å². The number of hydrogen-bond donors (Lipinski definition) is 0. The van der Waals surface area contributed by atoms with E-state index in [4.69, 9.17) is 4.98 Å². The molecule has 2 aromatic rings. The molecule has 2 aromatic heterocycles. The van der Waals surface area contributed by atoms with E-state index in [0.717, 1.165) is 12.2 Å². The van der Waals surface area contributed by atoms with Crippen molar-refractivity contribution in [2.45, 2.75) is 33.2 Å². The molecule has 0 aliphatic rings. The molecule has 0 fully saturated rings. The molecule has 0 radical (unpaired) electrons. The molecule has 3 heteroatoms. The van der Waals surface area contributed by atoms with Crippen LogP contribution < -0.4 is 0 Å². The van der Waals surface area contributed by atoms with Crippen molar-refractivity contribution >= 4 is 5.65 Å². The van der Waals surface area contributed by atoms with Crippen LogP contribution in [-0.4, -0.2) is 28.4 Å². The van der Waals surface area contributed by atoms with Gasteiger partial charge in [-0.3, -0.25) is 0 Å². The second-order valence-corrected chi connectivity index (χ2v) is 5.22. The largest absolute Gasteiger partial charge is 0.304 e. The third kappa shape index (κ3) is 2.20. The summed E-state index contributed by atoms with van der Waals surface area (Å²) in [6, 6.07) is 4.21. The summed E-state index contributed by atoms with van der Waals surface area (Å²) in [5.41, 5.74) is 4.85. The van der Waals surface area contributed by atoms with Crippen LogP contribution in [0.4, 0.5) is 0 Å². The van der Waals surface area contributed by atoms with E-state index < -0.39 is 0 Å². The normalized spacial score (nSPS) is 11.9. The van der Waals surface area contributed by atoms with E-state index in [9.17, 15) is 0 Å². The van der Waals surface area contributed by atoms with Crippen molar-refractivity contribution in [3.05, 3.63) is 35.3 Å². The first-order valence-electron chi connectivity index (χ1n) is 6.12. The van der Waals surface area contributed by atoms with Crippen LogP contribution in [0.25, 0.3) is 5.65 Å². The summed E-state index contributed by atoms with van der Waals surface area (Å²) in [7, 11) is 4.19. The number of aromatic nitrogens is 2. The van der Waals surface area contributed by atoms with Crippen LogP contribution in [0.3, 0.4) is 0 Å². The molecule has 0 aliphatic heterocycles. The van der Waals surface area contributed by atoms with Crippen molar-refractivity contribution in [3.63, 3.8) is 0 Å². The van der Waals surface area contributed by atoms with E-state index in [1.807, 2.05) is 0 Å². The zero-order valence-corrected chi connectivity index (χ0v) is 11.4. The Balaban J connectivity index is 2.67. The zero-order valence-electron chi connectivity index (χ0n) is 11.4. The van der Waals surface area contributed by atoms with Crippen LogP contribution in [0, 0.1) is 6.92 Å². The molecule has 2 rings (SSSR count). The summed E-state index contributed by atoms with van der Waals surface area (Å²) in [6.07, 6.45) is 2.11. The molecule has 0 bridgehead atoms. The first-order chi connectivity index (χ1) is 8.00. The fourth-order valence-electron chi connectivity index (χ4n) is 2.19. The van der Waals surface area contributed by atoms with Gasteiger partial charge in [-0.25, -0.2) is 4.98 Å². The van der Waals surface area contributed by atoms with Crippen LogP contribution in [0.15, 0.2) is 18.3 Å². The Morgan fingerprint density at radius 2 is 2.06 bits per heavy atom. The molecule has 0 N–H and O–H groups in total. The molecule has 0 saturated heterocycles. The molecular formula is C14H21N3. The minimum atomic E-state index is 0.462. The molecule has 0 spiro atoms. The first kappa shape index (κ1) is 12.1. The summed E-state index contributed by atoms with van der Waals surface area (Å²) in [6.45, 7) is 7.45. The Morgan fingerprint density at radius 1 is 1.35 bits per heavy atom. The van der Waals surface area contributed by atoms with Crippen LogP contribution in [0.5, 0.6) is 0 Å². The number of hydrogen-bond acceptors (Lipinski definition) is 2. The summed E-state index contributed by atoms with van der Waals surface area (Å²) in [5, 5.41) is 0. The molecule has 0 saturated carbocycles. The molecular weight excluding hydrogens is 210 g/mol. The van der Waals surface area contributed by atoms with Crippen LogP contribution in [0.2, 0.25) is 0 Å². The molecule has 0 amide bonds. The highest BCUT2D eigenvalue weighted by atomic mass is 15.1. The van der Waals surface area contributed by atoms with Crippen molar-refractivity contribution in [1.29, 1.82) is 0 Å². The van der Waals surface area contributed by atoms with Crippen LogP contribution in [0.1, 0.15) is 36.7 Å². The molecule has 3 nitrogen and oxygen atoms in total. The smallest absolute Gasteiger partial charge is 0.140 e. The quantitative estimate of drug-likeness (QED) is 0.809. The van der Waals surface area contributed by atoms with E-state index in [2.05, 4.69) is 62.5 Å². The van der Waals surface area contributed by atoms with Gasteiger partial charge >= 0.3 is 0 Å². The maximum absolute atomic E-state index is 4.80. The van der Waals surface area contributed by atoms with Gasteiger partial charge in [0.2, 0.25) is 0 Å². The van der Waals surface area contributed by atoms with Crippen LogP contribution in [-0.2, 0) is 6.54 Å². The summed E-state index contributed by atoms with van der Waals surface area (Å²) in [5.74, 6) is 0.462. The lowest BCUT2D eigenvalue weighted by Crippen LogP contribution is -2.14. The lowest BCUT2D eigenvalue weighted by Gasteiger charge is -2.12. The lowest BCUT2D eigenvalue weighted by molar-refractivity contribution is 0.393. The molecule has 0 unspecified atom stereocenters. The fourth-order valence-corrected chi connectivity index (χ4v) is 2.19. The SMILES string of the molecule is Cc1cccn2c(CN(C)C)c(C(C)C)nc12. The zero-order chi connectivity index (χ0) is 12.6. The van der Waals surface area contributed by atoms with Crippen molar-refractivity contribution in [2.24, 2.45) is 0 Å². The van der Waals surface area contributed by atoms with Gasteiger partial charge in [0.15, 0.2) is 0 Å². The van der Waals surface area contributed by atoms with Gasteiger partial charge < -0.3 is 9.30 Å². The van der Waals surface area contributed by atoms with Crippen molar-refractivity contribution in [3.8, 4) is 0 Å². The topological polar surface area (TPSA) is 20.5 Å². The predicted molar refractivity (Wildman–Crippen MR) is 71.4 cm³/mol. The Bertz CT molecular complexity index is 523. The van der Waals surface area contributed by atoms with Gasteiger partial charge in [-0.1, -0.05) is 19.9 Å². The number of nitrogens with zero attached hydrogens (tertiary/aromatic N) is 3. The Morgan fingerprint density at radius 3 is 2.65 bits per heavy atom. The highest BCUT2D eigenvalue weighted by molar-refractivity contribution is 5.50. The molecule has 0 atom stereocenters. The first-order valence-corrected chi connectivity index (χ1v) is 6.12. The molecule has 17 heavy (non-hydrogen) atoms. The highest BCUT2D eigenvalue weighted by Gasteiger charge is 2.16. The number of fused-ring (bicyclic) bond motifs is 1. The fraction of sp³-hybridized carbons (Fsp3) is 0.500. The van der Waals surface area contributed by atoms with E-state index >= 15 is 0 Å². The molecule has 0 aliphatic carbocycles. The lowest BCUT2D eigenvalue weighted by atomic mass is 10.1. The summed E-state index contributed by atoms with van der Waals surface area (Å²) in [4.78, 5) is 6.99. The summed E-state index contributed by atoms with van der Waals surface area (Å²) >= 11 is 0. The summed E-state index contributed by atoms with van der Waals surface area (Å²) < 4.78 is 2.23. The van der Waals surface area contributed by atoms with E-state index in [-0.39, 0.29) is 0 Å². The van der Waals surface area contributed by atoms with Crippen LogP contribution >= 0.6 is 0 Å². The average Bonchev–Trinajstić information content (AvgIpc) is 2.58. The maximum atomic E-state index is 4.80. The Kier molecular flexibility index (Phi) is 3.20. The Labute approximate surface area is 103 Å². The molecule has 2 heterocycles. The predicted octanol–water partition coefficient (Wildman–Crippen LogP) is 2.83. The minimum absolute atomic E-state index is 0.462. The van der Waals surface area contributed by atoms with Crippen molar-refractivity contribution in [2.75, 3.05) is 14.1 Å². The van der Waals surface area contributed by atoms with Gasteiger partial charge in [0.25, 0.3) is 0 Å². The minimum Gasteiger partial charge on any atom is -0.304 e. The second-order valence-electron chi connectivity index (χ2n) is 5.22. The average molecular weight is 231 g/mol. The third-order valence-corrected chi connectivity index (χ3v) is 2.99. The monoisotopic (exact) mass is 231 g/mol.